The van der Waals surface area contributed by atoms with Crippen molar-refractivity contribution in [2.75, 3.05) is 14.2 Å². The molecule has 1 aliphatic heterocycles. The number of amides is 3. The van der Waals surface area contributed by atoms with Gasteiger partial charge in [0.05, 0.1) is 20.4 Å². The van der Waals surface area contributed by atoms with Crippen LogP contribution in [-0.2, 0) is 10.3 Å². The predicted octanol–water partition coefficient (Wildman–Crippen LogP) is 3.53. The number of ether oxygens (including phenoxy) is 2. The minimum atomic E-state index is -1.36. The van der Waals surface area contributed by atoms with Crippen LogP contribution in [0.1, 0.15) is 16.7 Å². The molecule has 0 aromatic heterocycles. The average Bonchev–Trinajstić information content (AvgIpc) is 3.09. The Labute approximate surface area is 179 Å². The third kappa shape index (κ3) is 3.50. The summed E-state index contributed by atoms with van der Waals surface area (Å²) in [4.78, 5) is 26.4. The molecule has 7 heteroatoms. The second-order valence-electron chi connectivity index (χ2n) is 6.88. The number of hydrogen-bond donors (Lipinski definition) is 1. The summed E-state index contributed by atoms with van der Waals surface area (Å²) in [6.45, 7) is 0. The number of imide groups is 1. The summed E-state index contributed by atoms with van der Waals surface area (Å²) in [5.74, 6) is 0.641. The fourth-order valence-corrected chi connectivity index (χ4v) is 3.60. The summed E-state index contributed by atoms with van der Waals surface area (Å²) < 4.78 is 10.6. The van der Waals surface area contributed by atoms with Crippen molar-refractivity contribution in [3.05, 3.63) is 95.6 Å². The minimum Gasteiger partial charge on any atom is -0.497 e. The third-order valence-corrected chi connectivity index (χ3v) is 5.17. The Kier molecular flexibility index (Phi) is 5.41. The van der Waals surface area contributed by atoms with E-state index in [4.69, 9.17) is 9.47 Å². The number of hydrazone groups is 1. The molecule has 1 N–H and O–H groups in total. The lowest BCUT2D eigenvalue weighted by molar-refractivity contribution is -0.130. The molecule has 0 spiro atoms. The van der Waals surface area contributed by atoms with E-state index in [9.17, 15) is 9.59 Å². The Hall–Kier alpha value is -4.13. The van der Waals surface area contributed by atoms with E-state index < -0.39 is 17.5 Å². The van der Waals surface area contributed by atoms with Crippen molar-refractivity contribution in [1.82, 2.24) is 10.3 Å². The van der Waals surface area contributed by atoms with Crippen molar-refractivity contribution in [3.8, 4) is 11.5 Å². The van der Waals surface area contributed by atoms with Crippen LogP contribution in [0.4, 0.5) is 4.79 Å². The summed E-state index contributed by atoms with van der Waals surface area (Å²) in [5, 5.41) is 7.90. The lowest BCUT2D eigenvalue weighted by atomic mass is 9.83. The van der Waals surface area contributed by atoms with Crippen LogP contribution in [0.5, 0.6) is 11.5 Å². The van der Waals surface area contributed by atoms with Crippen molar-refractivity contribution in [2.45, 2.75) is 5.54 Å². The maximum Gasteiger partial charge on any atom is 0.346 e. The van der Waals surface area contributed by atoms with Crippen LogP contribution >= 0.6 is 0 Å². The highest BCUT2D eigenvalue weighted by atomic mass is 16.5. The van der Waals surface area contributed by atoms with Crippen molar-refractivity contribution in [1.29, 1.82) is 0 Å². The molecule has 0 radical (unpaired) electrons. The molecule has 4 rings (SSSR count). The van der Waals surface area contributed by atoms with Crippen LogP contribution in [-0.4, -0.2) is 37.4 Å². The summed E-state index contributed by atoms with van der Waals surface area (Å²) >= 11 is 0. The summed E-state index contributed by atoms with van der Waals surface area (Å²) in [7, 11) is 3.08. The normalized spacial score (nSPS) is 15.2. The monoisotopic (exact) mass is 415 g/mol. The summed E-state index contributed by atoms with van der Waals surface area (Å²) in [6, 6.07) is 22.8. The van der Waals surface area contributed by atoms with Gasteiger partial charge < -0.3 is 14.8 Å². The third-order valence-electron chi connectivity index (χ3n) is 5.17. The fourth-order valence-electron chi connectivity index (χ4n) is 3.60. The highest BCUT2D eigenvalue weighted by Gasteiger charge is 2.54. The molecule has 1 heterocycles. The first-order valence-corrected chi connectivity index (χ1v) is 9.64. The second-order valence-corrected chi connectivity index (χ2v) is 6.88. The van der Waals surface area contributed by atoms with Crippen molar-refractivity contribution >= 4 is 18.2 Å². The van der Waals surface area contributed by atoms with E-state index in [0.29, 0.717) is 28.2 Å². The predicted molar refractivity (Wildman–Crippen MR) is 116 cm³/mol. The first-order valence-electron chi connectivity index (χ1n) is 9.64. The number of urea groups is 1. The Bertz CT molecular complexity index is 1090. The van der Waals surface area contributed by atoms with Crippen molar-refractivity contribution < 1.29 is 19.1 Å². The fraction of sp³-hybridized carbons (Fsp3) is 0.125. The van der Waals surface area contributed by atoms with E-state index in [0.717, 1.165) is 5.01 Å². The van der Waals surface area contributed by atoms with Gasteiger partial charge in [-0.15, -0.1) is 5.01 Å². The largest absolute Gasteiger partial charge is 0.497 e. The molecule has 156 valence electrons. The van der Waals surface area contributed by atoms with Crippen LogP contribution in [0.2, 0.25) is 0 Å². The topological polar surface area (TPSA) is 80.2 Å². The van der Waals surface area contributed by atoms with E-state index in [1.54, 1.807) is 25.3 Å². The van der Waals surface area contributed by atoms with Gasteiger partial charge in [0.2, 0.25) is 0 Å². The maximum absolute atomic E-state index is 13.6. The first kappa shape index (κ1) is 20.2. The number of nitrogens with zero attached hydrogens (tertiary/aromatic N) is 2. The van der Waals surface area contributed by atoms with Gasteiger partial charge in [-0.1, -0.05) is 60.7 Å². The Morgan fingerprint density at radius 2 is 1.48 bits per heavy atom. The molecule has 1 fully saturated rings. The molecule has 1 aliphatic rings. The number of benzene rings is 3. The molecular formula is C24H21N3O4. The SMILES string of the molecule is COc1ccc(/C=N\N2C(=O)NC(c3ccccc3)(c3ccccc3)C2=O)c(OC)c1. The number of carbonyl (C=O) groups is 2. The van der Waals surface area contributed by atoms with E-state index in [2.05, 4.69) is 10.4 Å². The molecule has 7 nitrogen and oxygen atoms in total. The van der Waals surface area contributed by atoms with Gasteiger partial charge in [-0.05, 0) is 23.3 Å². The number of hydrogen-bond acceptors (Lipinski definition) is 5. The standard InChI is InChI=1S/C24H21N3O4/c1-30-20-14-13-17(21(15-20)31-2)16-25-27-22(28)24(26-23(27)29,18-9-5-3-6-10-18)19-11-7-4-8-12-19/h3-16H,1-2H3,(H,26,29)/b25-16-. The number of carbonyl (C=O) groups excluding carboxylic acids is 2. The molecule has 3 aromatic rings. The molecule has 3 aromatic carbocycles. The number of nitrogens with one attached hydrogen (secondary N) is 1. The number of methoxy groups -OCH3 is 2. The van der Waals surface area contributed by atoms with Crippen molar-refractivity contribution in [2.24, 2.45) is 5.10 Å². The lowest BCUT2D eigenvalue weighted by Crippen LogP contribution is -2.44. The quantitative estimate of drug-likeness (QED) is 0.493. The molecule has 31 heavy (non-hydrogen) atoms. The Morgan fingerprint density at radius 1 is 0.871 bits per heavy atom. The van der Waals surface area contributed by atoms with E-state index in [1.165, 1.54) is 13.3 Å². The summed E-state index contributed by atoms with van der Waals surface area (Å²) in [5.41, 5.74) is 0.542. The van der Waals surface area contributed by atoms with E-state index in [1.807, 2.05) is 60.7 Å². The van der Waals surface area contributed by atoms with Gasteiger partial charge in [0, 0.05) is 11.6 Å². The summed E-state index contributed by atoms with van der Waals surface area (Å²) in [6.07, 6.45) is 1.42. The van der Waals surface area contributed by atoms with Gasteiger partial charge in [0.1, 0.15) is 11.5 Å². The Morgan fingerprint density at radius 3 is 2.03 bits per heavy atom. The minimum absolute atomic E-state index is 0.487. The molecule has 0 saturated carbocycles. The van der Waals surface area contributed by atoms with Crippen LogP contribution < -0.4 is 14.8 Å². The highest BCUT2D eigenvalue weighted by Crippen LogP contribution is 2.36. The smallest absolute Gasteiger partial charge is 0.346 e. The van der Waals surface area contributed by atoms with E-state index in [-0.39, 0.29) is 0 Å². The molecule has 0 unspecified atom stereocenters. The molecule has 0 bridgehead atoms. The highest BCUT2D eigenvalue weighted by molar-refractivity contribution is 6.10. The van der Waals surface area contributed by atoms with Gasteiger partial charge in [-0.25, -0.2) is 4.79 Å². The van der Waals surface area contributed by atoms with Gasteiger partial charge in [0.25, 0.3) is 5.91 Å². The number of rotatable bonds is 6. The zero-order valence-electron chi connectivity index (χ0n) is 17.1. The van der Waals surface area contributed by atoms with Gasteiger partial charge >= 0.3 is 6.03 Å². The van der Waals surface area contributed by atoms with E-state index >= 15 is 0 Å². The van der Waals surface area contributed by atoms with Gasteiger partial charge in [-0.3, -0.25) is 4.79 Å². The zero-order chi connectivity index (χ0) is 21.8. The molecule has 3 amide bonds. The van der Waals surface area contributed by atoms with Gasteiger partial charge in [0.15, 0.2) is 5.54 Å². The Balaban J connectivity index is 1.74. The van der Waals surface area contributed by atoms with Crippen LogP contribution in [0, 0.1) is 0 Å². The van der Waals surface area contributed by atoms with Gasteiger partial charge in [-0.2, -0.15) is 5.10 Å². The maximum atomic E-state index is 13.6. The zero-order valence-corrected chi connectivity index (χ0v) is 17.1. The molecule has 1 saturated heterocycles. The average molecular weight is 415 g/mol. The van der Waals surface area contributed by atoms with Crippen LogP contribution in [0.25, 0.3) is 0 Å². The van der Waals surface area contributed by atoms with Crippen molar-refractivity contribution in [3.63, 3.8) is 0 Å². The molecule has 0 atom stereocenters. The molecule has 0 aliphatic carbocycles. The molecular weight excluding hydrogens is 394 g/mol. The first-order chi connectivity index (χ1) is 15.1. The lowest BCUT2D eigenvalue weighted by Gasteiger charge is -2.27. The van der Waals surface area contributed by atoms with Crippen LogP contribution in [0.3, 0.4) is 0 Å². The van der Waals surface area contributed by atoms with Crippen LogP contribution in [0.15, 0.2) is 84.0 Å². The second kappa shape index (κ2) is 8.31.